The maximum absolute atomic E-state index is 12.4. The van der Waals surface area contributed by atoms with Crippen molar-refractivity contribution in [1.29, 1.82) is 5.26 Å². The van der Waals surface area contributed by atoms with Gasteiger partial charge in [-0.05, 0) is 38.2 Å². The predicted octanol–water partition coefficient (Wildman–Crippen LogP) is 1.45. The first-order valence-corrected chi connectivity index (χ1v) is 9.84. The highest BCUT2D eigenvalue weighted by Crippen LogP contribution is 2.38. The second-order valence-electron chi connectivity index (χ2n) is 7.93. The van der Waals surface area contributed by atoms with Crippen molar-refractivity contribution in [2.45, 2.75) is 50.2 Å². The van der Waals surface area contributed by atoms with Crippen molar-refractivity contribution < 1.29 is 9.72 Å². The molecule has 1 amide bonds. The Morgan fingerprint density at radius 2 is 2.07 bits per heavy atom. The predicted molar refractivity (Wildman–Crippen MR) is 102 cm³/mol. The van der Waals surface area contributed by atoms with Gasteiger partial charge < -0.3 is 15.1 Å². The van der Waals surface area contributed by atoms with E-state index in [9.17, 15) is 14.9 Å². The summed E-state index contributed by atoms with van der Waals surface area (Å²) in [5.41, 5.74) is 0.00621. The van der Waals surface area contributed by atoms with Gasteiger partial charge in [-0.25, -0.2) is 4.98 Å². The Kier molecular flexibility index (Phi) is 5.13. The molecule has 0 aromatic carbocycles. The maximum atomic E-state index is 12.4. The Morgan fingerprint density at radius 3 is 2.64 bits per heavy atom. The summed E-state index contributed by atoms with van der Waals surface area (Å²) >= 11 is 0. The first-order chi connectivity index (χ1) is 13.5. The van der Waals surface area contributed by atoms with Gasteiger partial charge in [0.15, 0.2) is 0 Å². The van der Waals surface area contributed by atoms with Crippen molar-refractivity contribution in [2.75, 3.05) is 24.5 Å². The third kappa shape index (κ3) is 3.64. The number of nitriles is 1. The van der Waals surface area contributed by atoms with Crippen molar-refractivity contribution >= 4 is 17.4 Å². The fraction of sp³-hybridized carbons (Fsp3) is 0.632. The van der Waals surface area contributed by atoms with Gasteiger partial charge in [-0.1, -0.05) is 0 Å². The molecule has 0 saturated carbocycles. The summed E-state index contributed by atoms with van der Waals surface area (Å²) in [5.74, 6) is 0.842. The van der Waals surface area contributed by atoms with E-state index in [2.05, 4.69) is 21.3 Å². The molecule has 1 N–H and O–H groups in total. The highest BCUT2D eigenvalue weighted by Gasteiger charge is 2.41. The molecule has 1 aromatic rings. The summed E-state index contributed by atoms with van der Waals surface area (Å²) < 4.78 is 0. The Labute approximate surface area is 163 Å². The largest absolute Gasteiger partial charge is 0.351 e. The summed E-state index contributed by atoms with van der Waals surface area (Å²) in [5, 5.41) is 23.2. The zero-order valence-corrected chi connectivity index (χ0v) is 15.7. The molecular weight excluding hydrogens is 360 g/mol. The molecule has 3 saturated heterocycles. The summed E-state index contributed by atoms with van der Waals surface area (Å²) in [7, 11) is 0. The van der Waals surface area contributed by atoms with E-state index in [0.717, 1.165) is 37.9 Å². The van der Waals surface area contributed by atoms with E-state index in [1.807, 2.05) is 0 Å². The molecule has 4 rings (SSSR count). The van der Waals surface area contributed by atoms with Gasteiger partial charge in [0.05, 0.1) is 23.5 Å². The van der Waals surface area contributed by atoms with Gasteiger partial charge in [0.1, 0.15) is 12.0 Å². The summed E-state index contributed by atoms with van der Waals surface area (Å²) in [6.07, 6.45) is 6.11. The van der Waals surface area contributed by atoms with E-state index in [1.54, 1.807) is 11.0 Å². The van der Waals surface area contributed by atoms with Gasteiger partial charge in [-0.3, -0.25) is 14.9 Å². The van der Waals surface area contributed by atoms with E-state index in [0.29, 0.717) is 31.7 Å². The molecule has 0 spiro atoms. The van der Waals surface area contributed by atoms with E-state index in [4.69, 9.17) is 5.26 Å². The number of piperidine rings is 1. The van der Waals surface area contributed by atoms with E-state index in [1.165, 1.54) is 12.3 Å². The van der Waals surface area contributed by atoms with Gasteiger partial charge in [0.25, 0.3) is 5.69 Å². The van der Waals surface area contributed by atoms with Crippen LogP contribution in [0.25, 0.3) is 0 Å². The lowest BCUT2D eigenvalue weighted by Gasteiger charge is -2.40. The number of pyridine rings is 1. The van der Waals surface area contributed by atoms with Crippen LogP contribution in [0.2, 0.25) is 0 Å². The molecule has 3 atom stereocenters. The van der Waals surface area contributed by atoms with Crippen LogP contribution in [0, 0.1) is 27.4 Å². The molecular formula is C19H24N6O3. The minimum atomic E-state index is -0.433. The summed E-state index contributed by atoms with van der Waals surface area (Å²) in [6.45, 7) is 1.54. The number of carbonyl (C=O) groups is 1. The molecule has 148 valence electrons. The molecule has 3 aliphatic heterocycles. The lowest BCUT2D eigenvalue weighted by Crippen LogP contribution is -2.51. The van der Waals surface area contributed by atoms with Crippen LogP contribution >= 0.6 is 0 Å². The number of amides is 1. The second kappa shape index (κ2) is 7.72. The number of anilines is 1. The number of carbonyl (C=O) groups excluding carboxylic acids is 1. The van der Waals surface area contributed by atoms with Crippen molar-refractivity contribution in [1.82, 2.24) is 15.2 Å². The molecule has 9 heteroatoms. The zero-order chi connectivity index (χ0) is 19.7. The van der Waals surface area contributed by atoms with Crippen LogP contribution in [-0.4, -0.2) is 58.5 Å². The molecule has 1 aromatic heterocycles. The summed E-state index contributed by atoms with van der Waals surface area (Å²) in [4.78, 5) is 31.2. The number of rotatable bonds is 5. The topological polar surface area (TPSA) is 115 Å². The fourth-order valence-electron chi connectivity index (χ4n) is 4.79. The lowest BCUT2D eigenvalue weighted by molar-refractivity contribution is -0.385. The number of fused-ring (bicyclic) bond motifs is 2. The molecule has 3 aliphatic rings. The van der Waals surface area contributed by atoms with Gasteiger partial charge in [0, 0.05) is 37.3 Å². The Balaban J connectivity index is 1.32. The molecule has 0 radical (unpaired) electrons. The number of aromatic nitrogens is 1. The van der Waals surface area contributed by atoms with Crippen molar-refractivity contribution in [3.63, 3.8) is 0 Å². The van der Waals surface area contributed by atoms with Gasteiger partial charge in [-0.15, -0.1) is 0 Å². The zero-order valence-electron chi connectivity index (χ0n) is 15.7. The number of nitrogens with zero attached hydrogens (tertiary/aromatic N) is 5. The van der Waals surface area contributed by atoms with Crippen LogP contribution in [0.1, 0.15) is 32.1 Å². The average molecular weight is 384 g/mol. The van der Waals surface area contributed by atoms with Crippen LogP contribution in [0.15, 0.2) is 18.3 Å². The third-order valence-electron chi connectivity index (χ3n) is 6.21. The van der Waals surface area contributed by atoms with Crippen molar-refractivity contribution in [3.05, 3.63) is 28.4 Å². The normalized spacial score (nSPS) is 29.0. The standard InChI is InChI=1S/C19H24N6O3/c20-9-13-5-6-23(12-13)19(26)11-21-14-7-15-1-2-16(8-14)24(15)18-4-3-17(10-22-18)25(27)28/h3-4,10,13-16,21H,1-2,5-8,11-12H2/t13?,15-,16-/m0/s1. The Hall–Kier alpha value is -2.73. The number of likely N-dealkylation sites (tertiary alicyclic amines) is 1. The smallest absolute Gasteiger partial charge is 0.287 e. The third-order valence-corrected chi connectivity index (χ3v) is 6.21. The highest BCUT2D eigenvalue weighted by atomic mass is 16.6. The number of hydrogen-bond donors (Lipinski definition) is 1. The van der Waals surface area contributed by atoms with Crippen LogP contribution < -0.4 is 10.2 Å². The van der Waals surface area contributed by atoms with Gasteiger partial charge >= 0.3 is 0 Å². The lowest BCUT2D eigenvalue weighted by atomic mass is 9.97. The van der Waals surface area contributed by atoms with Crippen molar-refractivity contribution in [3.8, 4) is 6.07 Å². The molecule has 0 aliphatic carbocycles. The van der Waals surface area contributed by atoms with Crippen LogP contribution in [0.3, 0.4) is 0 Å². The molecule has 2 bridgehead atoms. The molecule has 9 nitrogen and oxygen atoms in total. The van der Waals surface area contributed by atoms with E-state index >= 15 is 0 Å². The van der Waals surface area contributed by atoms with Crippen LogP contribution in [0.4, 0.5) is 11.5 Å². The van der Waals surface area contributed by atoms with E-state index < -0.39 is 4.92 Å². The maximum Gasteiger partial charge on any atom is 0.287 e. The Morgan fingerprint density at radius 1 is 1.32 bits per heavy atom. The Bertz CT molecular complexity index is 778. The highest BCUT2D eigenvalue weighted by molar-refractivity contribution is 5.78. The molecule has 4 heterocycles. The minimum absolute atomic E-state index is 0.00621. The number of nitrogens with one attached hydrogen (secondary N) is 1. The first-order valence-electron chi connectivity index (χ1n) is 9.84. The van der Waals surface area contributed by atoms with Crippen molar-refractivity contribution in [2.24, 2.45) is 5.92 Å². The minimum Gasteiger partial charge on any atom is -0.351 e. The second-order valence-corrected chi connectivity index (χ2v) is 7.93. The van der Waals surface area contributed by atoms with Gasteiger partial charge in [0.2, 0.25) is 5.91 Å². The number of hydrogen-bond acceptors (Lipinski definition) is 7. The van der Waals surface area contributed by atoms with Crippen LogP contribution in [0.5, 0.6) is 0 Å². The first kappa shape index (κ1) is 18.6. The molecule has 28 heavy (non-hydrogen) atoms. The monoisotopic (exact) mass is 384 g/mol. The average Bonchev–Trinajstić information content (AvgIpc) is 3.29. The molecule has 3 fully saturated rings. The van der Waals surface area contributed by atoms with Gasteiger partial charge in [-0.2, -0.15) is 5.26 Å². The fourth-order valence-corrected chi connectivity index (χ4v) is 4.79. The van der Waals surface area contributed by atoms with Crippen LogP contribution in [-0.2, 0) is 4.79 Å². The number of nitro groups is 1. The summed E-state index contributed by atoms with van der Waals surface area (Å²) in [6, 6.07) is 6.45. The molecule has 1 unspecified atom stereocenters. The van der Waals surface area contributed by atoms with E-state index in [-0.39, 0.29) is 23.6 Å². The quantitative estimate of drug-likeness (QED) is 0.603. The SMILES string of the molecule is N#CC1CCN(C(=O)CNC2C[C@@H]3CC[C@@H](C2)N3c2ccc([N+](=O)[O-])cn2)C1.